The zero-order valence-electron chi connectivity index (χ0n) is 20.0. The van der Waals surface area contributed by atoms with Gasteiger partial charge in [-0.05, 0) is 24.5 Å². The van der Waals surface area contributed by atoms with Gasteiger partial charge in [0.1, 0.15) is 12.1 Å². The highest BCUT2D eigenvalue weighted by Gasteiger charge is 2.44. The fourth-order valence-corrected chi connectivity index (χ4v) is 4.36. The Morgan fingerprint density at radius 3 is 2.41 bits per heavy atom. The standard InChI is InChI=1S/C20H26F3N3O2.C4H4O4.CH4/c1-11(2)20(28)25-9-12-3-4-26(18(12)10-25)19(27)7-14(24)5-13-6-16(22)17(23)8-15(13)21;5-3-8-2-1-4(6)7;/h6,8,11-12,14,18H,3-5,7,9-10,24H2,1-2H3;1-3H,(H,6,7);1H4/b;2-1+;/t12-,14+,18+;;/m0../s1. The average molecular weight is 530 g/mol. The first-order chi connectivity index (χ1) is 16.9. The van der Waals surface area contributed by atoms with Crippen LogP contribution >= 0.6 is 0 Å². The Labute approximate surface area is 214 Å². The van der Waals surface area contributed by atoms with E-state index in [9.17, 15) is 32.3 Å². The summed E-state index contributed by atoms with van der Waals surface area (Å²) in [6.07, 6.45) is 2.27. The second-order valence-corrected chi connectivity index (χ2v) is 9.00. The molecule has 0 spiro atoms. The van der Waals surface area contributed by atoms with E-state index in [1.165, 1.54) is 0 Å². The summed E-state index contributed by atoms with van der Waals surface area (Å²) in [5.74, 6) is -4.29. The Bertz CT molecular complexity index is 1000. The summed E-state index contributed by atoms with van der Waals surface area (Å²) in [7, 11) is 0. The van der Waals surface area contributed by atoms with E-state index in [4.69, 9.17) is 10.8 Å². The molecule has 2 heterocycles. The minimum atomic E-state index is -1.25. The fraction of sp³-hybridized carbons (Fsp3) is 0.520. The molecule has 37 heavy (non-hydrogen) atoms. The van der Waals surface area contributed by atoms with Gasteiger partial charge in [-0.3, -0.25) is 14.4 Å². The molecule has 0 aliphatic carbocycles. The Hall–Kier alpha value is -3.41. The molecule has 0 aromatic heterocycles. The lowest BCUT2D eigenvalue weighted by atomic mass is 10.0. The molecule has 3 rings (SSSR count). The van der Waals surface area contributed by atoms with Crippen LogP contribution in [0.3, 0.4) is 0 Å². The number of halogens is 3. The van der Waals surface area contributed by atoms with E-state index >= 15 is 0 Å². The van der Waals surface area contributed by atoms with Crippen molar-refractivity contribution < 1.29 is 42.2 Å². The number of carbonyl (C=O) groups excluding carboxylic acids is 3. The van der Waals surface area contributed by atoms with E-state index in [1.54, 1.807) is 4.90 Å². The van der Waals surface area contributed by atoms with Crippen LogP contribution in [0.15, 0.2) is 24.5 Å². The monoisotopic (exact) mass is 529 g/mol. The van der Waals surface area contributed by atoms with Crippen LogP contribution in [0, 0.1) is 29.3 Å². The lowest BCUT2D eigenvalue weighted by molar-refractivity contribution is -0.136. The molecule has 0 saturated carbocycles. The van der Waals surface area contributed by atoms with E-state index in [2.05, 4.69) is 4.74 Å². The van der Waals surface area contributed by atoms with Gasteiger partial charge in [0, 0.05) is 50.0 Å². The number of aliphatic carboxylic acids is 1. The van der Waals surface area contributed by atoms with Crippen molar-refractivity contribution in [3.05, 3.63) is 47.5 Å². The second-order valence-electron chi connectivity index (χ2n) is 9.00. The molecule has 9 nitrogen and oxygen atoms in total. The van der Waals surface area contributed by atoms with Gasteiger partial charge in [-0.15, -0.1) is 0 Å². The fourth-order valence-electron chi connectivity index (χ4n) is 4.36. The van der Waals surface area contributed by atoms with Crippen LogP contribution in [0.1, 0.15) is 39.7 Å². The minimum Gasteiger partial charge on any atom is -0.478 e. The topological polar surface area (TPSA) is 130 Å². The van der Waals surface area contributed by atoms with Gasteiger partial charge in [-0.2, -0.15) is 0 Å². The molecule has 2 aliphatic heterocycles. The van der Waals surface area contributed by atoms with Crippen LogP contribution in [-0.4, -0.2) is 70.9 Å². The van der Waals surface area contributed by atoms with Gasteiger partial charge < -0.3 is 25.4 Å². The first-order valence-corrected chi connectivity index (χ1v) is 11.4. The third kappa shape index (κ3) is 8.88. The maximum atomic E-state index is 13.8. The van der Waals surface area contributed by atoms with Crippen molar-refractivity contribution >= 4 is 24.3 Å². The Balaban J connectivity index is 0.000000661. The number of carbonyl (C=O) groups is 4. The summed E-state index contributed by atoms with van der Waals surface area (Å²) < 4.78 is 44.1. The van der Waals surface area contributed by atoms with E-state index in [0.29, 0.717) is 31.8 Å². The lowest BCUT2D eigenvalue weighted by Gasteiger charge is -2.26. The van der Waals surface area contributed by atoms with Crippen molar-refractivity contribution in [3.8, 4) is 0 Å². The van der Waals surface area contributed by atoms with E-state index in [-0.39, 0.29) is 62.0 Å². The van der Waals surface area contributed by atoms with Crippen molar-refractivity contribution in [2.75, 3.05) is 19.6 Å². The minimum absolute atomic E-state index is 0. The molecule has 1 aromatic carbocycles. The molecule has 0 bridgehead atoms. The van der Waals surface area contributed by atoms with Crippen molar-refractivity contribution in [1.29, 1.82) is 0 Å². The van der Waals surface area contributed by atoms with Crippen LogP contribution in [0.4, 0.5) is 13.2 Å². The molecule has 0 radical (unpaired) electrons. The van der Waals surface area contributed by atoms with Crippen LogP contribution in [0.2, 0.25) is 0 Å². The first-order valence-electron chi connectivity index (χ1n) is 11.4. The number of ether oxygens (including phenoxy) is 1. The quantitative estimate of drug-likeness (QED) is 0.229. The smallest absolute Gasteiger partial charge is 0.331 e. The highest BCUT2D eigenvalue weighted by molar-refractivity contribution is 5.80. The third-order valence-corrected chi connectivity index (χ3v) is 6.03. The number of nitrogens with two attached hydrogens (primary N) is 1. The van der Waals surface area contributed by atoms with Crippen molar-refractivity contribution in [2.45, 2.75) is 52.6 Å². The SMILES string of the molecule is C.CC(C)C(=O)N1C[C@@H]2CCN(C(=O)C[C@H](N)Cc3cc(F)c(F)cc3F)[C@@H]2C1.O=CO/C=C/C(=O)O. The summed E-state index contributed by atoms with van der Waals surface area (Å²) in [6, 6.07) is 0.555. The van der Waals surface area contributed by atoms with Gasteiger partial charge in [-0.1, -0.05) is 21.3 Å². The van der Waals surface area contributed by atoms with Gasteiger partial charge in [0.2, 0.25) is 11.8 Å². The van der Waals surface area contributed by atoms with E-state index in [0.717, 1.165) is 18.7 Å². The molecule has 2 fully saturated rings. The number of carboxylic acid groups (broad SMARTS) is 1. The number of amides is 2. The van der Waals surface area contributed by atoms with E-state index in [1.807, 2.05) is 18.7 Å². The van der Waals surface area contributed by atoms with Crippen LogP contribution in [-0.2, 0) is 30.3 Å². The van der Waals surface area contributed by atoms with Crippen molar-refractivity contribution in [1.82, 2.24) is 9.80 Å². The van der Waals surface area contributed by atoms with Crippen LogP contribution in [0.25, 0.3) is 0 Å². The van der Waals surface area contributed by atoms with Crippen LogP contribution < -0.4 is 5.73 Å². The first kappa shape index (κ1) is 31.6. The molecular formula is C25H34F3N3O6. The molecule has 12 heteroatoms. The number of fused-ring (bicyclic) bond motifs is 1. The number of hydrogen-bond donors (Lipinski definition) is 2. The molecular weight excluding hydrogens is 495 g/mol. The molecule has 1 aromatic rings. The summed E-state index contributed by atoms with van der Waals surface area (Å²) in [5.41, 5.74) is 5.94. The molecule has 3 atom stereocenters. The summed E-state index contributed by atoms with van der Waals surface area (Å²) in [4.78, 5) is 47.4. The second kappa shape index (κ2) is 14.4. The summed E-state index contributed by atoms with van der Waals surface area (Å²) >= 11 is 0. The van der Waals surface area contributed by atoms with Crippen molar-refractivity contribution in [3.63, 3.8) is 0 Å². The maximum absolute atomic E-state index is 13.8. The zero-order valence-corrected chi connectivity index (χ0v) is 20.0. The van der Waals surface area contributed by atoms with Gasteiger partial charge in [0.15, 0.2) is 11.6 Å². The Morgan fingerprint density at radius 2 is 1.81 bits per heavy atom. The number of nitrogens with zero attached hydrogens (tertiary/aromatic N) is 2. The normalized spacial score (nSPS) is 19.1. The molecule has 2 amide bonds. The summed E-state index contributed by atoms with van der Waals surface area (Å²) in [5, 5.41) is 7.86. The highest BCUT2D eigenvalue weighted by Crippen LogP contribution is 2.32. The molecule has 2 aliphatic rings. The predicted octanol–water partition coefficient (Wildman–Crippen LogP) is 2.47. The largest absolute Gasteiger partial charge is 0.478 e. The number of likely N-dealkylation sites (tertiary alicyclic amines) is 2. The van der Waals surface area contributed by atoms with Crippen molar-refractivity contribution in [2.24, 2.45) is 17.6 Å². The number of carboxylic acids is 1. The number of hydrogen-bond acceptors (Lipinski definition) is 6. The van der Waals surface area contributed by atoms with E-state index < -0.39 is 29.5 Å². The van der Waals surface area contributed by atoms with Gasteiger partial charge >= 0.3 is 5.97 Å². The van der Waals surface area contributed by atoms with Gasteiger partial charge in [-0.25, -0.2) is 18.0 Å². The predicted molar refractivity (Wildman–Crippen MR) is 128 cm³/mol. The highest BCUT2D eigenvalue weighted by atomic mass is 19.2. The molecule has 3 N–H and O–H groups in total. The Kier molecular flexibility index (Phi) is 12.3. The Morgan fingerprint density at radius 1 is 1.16 bits per heavy atom. The molecule has 0 unspecified atom stereocenters. The number of rotatable bonds is 8. The molecule has 2 saturated heterocycles. The van der Waals surface area contributed by atoms with Crippen LogP contribution in [0.5, 0.6) is 0 Å². The summed E-state index contributed by atoms with van der Waals surface area (Å²) in [6.45, 7) is 5.66. The maximum Gasteiger partial charge on any atom is 0.331 e. The average Bonchev–Trinajstić information content (AvgIpc) is 3.38. The molecule has 206 valence electrons. The lowest BCUT2D eigenvalue weighted by Crippen LogP contribution is -2.43. The zero-order chi connectivity index (χ0) is 27.0. The third-order valence-electron chi connectivity index (χ3n) is 6.03. The van der Waals surface area contributed by atoms with Gasteiger partial charge in [0.05, 0.1) is 12.1 Å². The number of benzene rings is 1. The van der Waals surface area contributed by atoms with Gasteiger partial charge in [0.25, 0.3) is 6.47 Å².